The molecule has 0 heterocycles. The summed E-state index contributed by atoms with van der Waals surface area (Å²) in [6.45, 7) is 0.640. The highest BCUT2D eigenvalue weighted by Crippen LogP contribution is 2.27. The van der Waals surface area contributed by atoms with Crippen molar-refractivity contribution in [3.05, 3.63) is 90.0 Å². The first-order valence-electron chi connectivity index (χ1n) is 10.0. The minimum atomic E-state index is -0.639. The van der Waals surface area contributed by atoms with Crippen LogP contribution >= 0.6 is 0 Å². The molecule has 0 aliphatic heterocycles. The summed E-state index contributed by atoms with van der Waals surface area (Å²) in [4.78, 5) is 27.1. The second-order valence-corrected chi connectivity index (χ2v) is 6.91. The van der Waals surface area contributed by atoms with Crippen LogP contribution in [0.1, 0.15) is 11.1 Å². The van der Waals surface area contributed by atoms with E-state index < -0.39 is 11.8 Å². The molecule has 0 aromatic heterocycles. The summed E-state index contributed by atoms with van der Waals surface area (Å²) in [5.41, 5.74) is 2.58. The molecule has 0 saturated carbocycles. The Morgan fingerprint density at radius 3 is 2.10 bits per heavy atom. The molecular weight excluding hydrogens is 392 g/mol. The van der Waals surface area contributed by atoms with Crippen molar-refractivity contribution in [3.63, 3.8) is 0 Å². The van der Waals surface area contributed by atoms with Crippen LogP contribution in [0.3, 0.4) is 0 Å². The van der Waals surface area contributed by atoms with E-state index in [0.717, 1.165) is 11.1 Å². The van der Waals surface area contributed by atoms with Gasteiger partial charge in [-0.05, 0) is 41.8 Å². The average Bonchev–Trinajstić information content (AvgIpc) is 2.83. The minimum absolute atomic E-state index is 0.312. The normalized spacial score (nSPS) is 10.3. The molecule has 0 fully saturated rings. The van der Waals surface area contributed by atoms with Crippen molar-refractivity contribution in [2.75, 3.05) is 25.7 Å². The van der Waals surface area contributed by atoms with Crippen LogP contribution in [0.25, 0.3) is 0 Å². The Bertz CT molecular complexity index is 1010. The summed E-state index contributed by atoms with van der Waals surface area (Å²) in [7, 11) is 3.16. The molecule has 0 spiro atoms. The number of ether oxygens (including phenoxy) is 2. The Kier molecular flexibility index (Phi) is 7.65. The summed E-state index contributed by atoms with van der Waals surface area (Å²) in [5, 5.41) is 2.73. The maximum absolute atomic E-state index is 13.0. The number of anilines is 1. The maximum Gasteiger partial charge on any atom is 0.316 e. The van der Waals surface area contributed by atoms with Crippen LogP contribution in [0.4, 0.5) is 5.69 Å². The molecular formula is C25H26N2O4. The molecule has 0 radical (unpaired) electrons. The molecule has 0 atom stereocenters. The van der Waals surface area contributed by atoms with E-state index in [4.69, 9.17) is 9.47 Å². The largest absolute Gasteiger partial charge is 0.493 e. The van der Waals surface area contributed by atoms with E-state index in [9.17, 15) is 9.59 Å². The molecule has 160 valence electrons. The molecule has 0 bridgehead atoms. The zero-order valence-corrected chi connectivity index (χ0v) is 17.7. The maximum atomic E-state index is 13.0. The van der Waals surface area contributed by atoms with Crippen molar-refractivity contribution in [3.8, 4) is 11.5 Å². The molecule has 0 aliphatic carbocycles. The average molecular weight is 418 g/mol. The highest BCUT2D eigenvalue weighted by atomic mass is 16.5. The lowest BCUT2D eigenvalue weighted by molar-refractivity contribution is -0.137. The van der Waals surface area contributed by atoms with E-state index in [1.807, 2.05) is 78.9 Å². The van der Waals surface area contributed by atoms with Crippen LogP contribution in [0.15, 0.2) is 78.9 Å². The number of methoxy groups -OCH3 is 2. The monoisotopic (exact) mass is 418 g/mol. The fraction of sp³-hybridized carbons (Fsp3) is 0.200. The highest BCUT2D eigenvalue weighted by molar-refractivity contribution is 6.40. The van der Waals surface area contributed by atoms with Crippen LogP contribution in [-0.2, 0) is 22.6 Å². The molecule has 6 heteroatoms. The zero-order valence-electron chi connectivity index (χ0n) is 17.7. The van der Waals surface area contributed by atoms with Crippen LogP contribution in [0.5, 0.6) is 11.5 Å². The summed E-state index contributed by atoms with van der Waals surface area (Å²) in [6, 6.07) is 24.4. The zero-order chi connectivity index (χ0) is 22.1. The predicted octanol–water partition coefficient (Wildman–Crippen LogP) is 3.60. The van der Waals surface area contributed by atoms with Gasteiger partial charge in [-0.25, -0.2) is 0 Å². The molecule has 3 rings (SSSR count). The third kappa shape index (κ3) is 5.85. The van der Waals surface area contributed by atoms with E-state index >= 15 is 0 Å². The Hall–Kier alpha value is -3.80. The van der Waals surface area contributed by atoms with Crippen LogP contribution in [0.2, 0.25) is 0 Å². The standard InChI is InChI=1S/C25H26N2O4/c1-30-22-14-13-19(17-23(22)31-2)15-16-26-24(28)25(29)27(21-11-7-4-8-12-21)18-20-9-5-3-6-10-20/h3-14,17H,15-16,18H2,1-2H3,(H,26,28). The van der Waals surface area contributed by atoms with Gasteiger partial charge in [0.25, 0.3) is 0 Å². The first kappa shape index (κ1) is 21.9. The van der Waals surface area contributed by atoms with Gasteiger partial charge < -0.3 is 14.8 Å². The van der Waals surface area contributed by atoms with Gasteiger partial charge >= 0.3 is 11.8 Å². The first-order chi connectivity index (χ1) is 15.1. The number of hydrogen-bond acceptors (Lipinski definition) is 4. The third-order valence-electron chi connectivity index (χ3n) is 4.84. The van der Waals surface area contributed by atoms with Gasteiger partial charge in [-0.2, -0.15) is 0 Å². The minimum Gasteiger partial charge on any atom is -0.493 e. The first-order valence-corrected chi connectivity index (χ1v) is 10.0. The number of carbonyl (C=O) groups is 2. The smallest absolute Gasteiger partial charge is 0.316 e. The van der Waals surface area contributed by atoms with Crippen molar-refractivity contribution in [2.24, 2.45) is 0 Å². The Labute approximate surface area is 182 Å². The van der Waals surface area contributed by atoms with Crippen LogP contribution < -0.4 is 19.7 Å². The lowest BCUT2D eigenvalue weighted by Gasteiger charge is -2.22. The molecule has 1 N–H and O–H groups in total. The summed E-state index contributed by atoms with van der Waals surface area (Å²) in [5.74, 6) is 0.0352. The van der Waals surface area contributed by atoms with Gasteiger partial charge in [0.15, 0.2) is 11.5 Å². The number of para-hydroxylation sites is 1. The number of amides is 2. The van der Waals surface area contributed by atoms with Crippen molar-refractivity contribution in [2.45, 2.75) is 13.0 Å². The predicted molar refractivity (Wildman–Crippen MR) is 120 cm³/mol. The van der Waals surface area contributed by atoms with Gasteiger partial charge in [-0.3, -0.25) is 14.5 Å². The van der Waals surface area contributed by atoms with Gasteiger partial charge in [-0.1, -0.05) is 54.6 Å². The quantitative estimate of drug-likeness (QED) is 0.568. The number of hydrogen-bond donors (Lipinski definition) is 1. The number of nitrogens with one attached hydrogen (secondary N) is 1. The highest BCUT2D eigenvalue weighted by Gasteiger charge is 2.23. The summed E-state index contributed by atoms with van der Waals surface area (Å²) >= 11 is 0. The lowest BCUT2D eigenvalue weighted by atomic mass is 10.1. The molecule has 3 aromatic rings. The third-order valence-corrected chi connectivity index (χ3v) is 4.84. The van der Waals surface area contributed by atoms with E-state index in [1.165, 1.54) is 4.90 Å². The van der Waals surface area contributed by atoms with E-state index in [1.54, 1.807) is 14.2 Å². The van der Waals surface area contributed by atoms with Crippen molar-refractivity contribution < 1.29 is 19.1 Å². The van der Waals surface area contributed by atoms with Crippen LogP contribution in [-0.4, -0.2) is 32.6 Å². The molecule has 0 unspecified atom stereocenters. The van der Waals surface area contributed by atoms with Gasteiger partial charge in [-0.15, -0.1) is 0 Å². The second-order valence-electron chi connectivity index (χ2n) is 6.91. The molecule has 0 saturated heterocycles. The van der Waals surface area contributed by atoms with Gasteiger partial charge in [0.2, 0.25) is 0 Å². The molecule has 0 aliphatic rings. The summed E-state index contributed by atoms with van der Waals surface area (Å²) < 4.78 is 10.5. The number of benzene rings is 3. The molecule has 31 heavy (non-hydrogen) atoms. The number of carbonyl (C=O) groups excluding carboxylic acids is 2. The van der Waals surface area contributed by atoms with Crippen LogP contribution in [0, 0.1) is 0 Å². The van der Waals surface area contributed by atoms with Crippen molar-refractivity contribution >= 4 is 17.5 Å². The van der Waals surface area contributed by atoms with E-state index in [-0.39, 0.29) is 0 Å². The number of nitrogens with zero attached hydrogens (tertiary/aromatic N) is 1. The Balaban J connectivity index is 1.65. The topological polar surface area (TPSA) is 67.9 Å². The molecule has 2 amide bonds. The summed E-state index contributed by atoms with van der Waals surface area (Å²) in [6.07, 6.45) is 0.559. The number of rotatable bonds is 8. The Morgan fingerprint density at radius 2 is 1.45 bits per heavy atom. The van der Waals surface area contributed by atoms with E-state index in [2.05, 4.69) is 5.32 Å². The Morgan fingerprint density at radius 1 is 0.806 bits per heavy atom. The molecule has 3 aromatic carbocycles. The fourth-order valence-corrected chi connectivity index (χ4v) is 3.21. The SMILES string of the molecule is COc1ccc(CCNC(=O)C(=O)N(Cc2ccccc2)c2ccccc2)cc1OC. The van der Waals surface area contributed by atoms with Crippen molar-refractivity contribution in [1.82, 2.24) is 5.32 Å². The van der Waals surface area contributed by atoms with Gasteiger partial charge in [0.1, 0.15) is 0 Å². The lowest BCUT2D eigenvalue weighted by Crippen LogP contribution is -2.43. The fourth-order valence-electron chi connectivity index (χ4n) is 3.21. The van der Waals surface area contributed by atoms with Gasteiger partial charge in [0.05, 0.1) is 20.8 Å². The van der Waals surface area contributed by atoms with Crippen molar-refractivity contribution in [1.29, 1.82) is 0 Å². The second kappa shape index (κ2) is 10.8. The molecule has 6 nitrogen and oxygen atoms in total. The van der Waals surface area contributed by atoms with E-state index in [0.29, 0.717) is 36.7 Å². The van der Waals surface area contributed by atoms with Gasteiger partial charge in [0, 0.05) is 12.2 Å².